The van der Waals surface area contributed by atoms with E-state index in [1.807, 2.05) is 0 Å². The van der Waals surface area contributed by atoms with E-state index in [0.717, 1.165) is 36.4 Å². The van der Waals surface area contributed by atoms with Crippen LogP contribution >= 0.6 is 0 Å². The van der Waals surface area contributed by atoms with Crippen LogP contribution in [0.4, 0.5) is 0 Å². The Morgan fingerprint density at radius 3 is 2.28 bits per heavy atom. The molecule has 2 heteroatoms. The highest BCUT2D eigenvalue weighted by molar-refractivity contribution is 4.94. The number of hydrogen-bond acceptors (Lipinski definition) is 2. The van der Waals surface area contributed by atoms with Gasteiger partial charge in [-0.05, 0) is 63.1 Å². The molecule has 1 aliphatic carbocycles. The van der Waals surface area contributed by atoms with E-state index >= 15 is 0 Å². The maximum Gasteiger partial charge on any atom is 0.0275 e. The molecule has 106 valence electrons. The quantitative estimate of drug-likeness (QED) is 0.830. The van der Waals surface area contributed by atoms with Crippen molar-refractivity contribution < 1.29 is 0 Å². The van der Waals surface area contributed by atoms with E-state index < -0.39 is 0 Å². The molecule has 4 atom stereocenters. The Bertz CT molecular complexity index is 245. The third-order valence-corrected chi connectivity index (χ3v) is 5.13. The number of rotatable bonds is 3. The van der Waals surface area contributed by atoms with Crippen molar-refractivity contribution in [1.82, 2.24) is 10.2 Å². The molecule has 0 amide bonds. The van der Waals surface area contributed by atoms with Crippen molar-refractivity contribution in [3.8, 4) is 0 Å². The van der Waals surface area contributed by atoms with Crippen molar-refractivity contribution in [2.75, 3.05) is 19.6 Å². The minimum atomic E-state index is 0.724. The largest absolute Gasteiger partial charge is 0.313 e. The van der Waals surface area contributed by atoms with Crippen LogP contribution in [0.3, 0.4) is 0 Å². The Labute approximate surface area is 114 Å². The topological polar surface area (TPSA) is 15.3 Å². The van der Waals surface area contributed by atoms with Crippen LogP contribution in [0.15, 0.2) is 0 Å². The van der Waals surface area contributed by atoms with Gasteiger partial charge in [-0.15, -0.1) is 0 Å². The molecular formula is C16H32N2. The highest BCUT2D eigenvalue weighted by Gasteiger charge is 2.37. The Kier molecular flexibility index (Phi) is 5.08. The van der Waals surface area contributed by atoms with E-state index in [1.165, 1.54) is 38.8 Å². The SMILES string of the molecule is CCNC1CC(C)CC(C)C1N1CCC(C)CC1. The summed E-state index contributed by atoms with van der Waals surface area (Å²) in [4.78, 5) is 2.80. The Hall–Kier alpha value is -0.0800. The molecule has 2 fully saturated rings. The number of piperidine rings is 1. The molecule has 0 aromatic rings. The zero-order chi connectivity index (χ0) is 13.1. The average Bonchev–Trinajstić information content (AvgIpc) is 2.31. The van der Waals surface area contributed by atoms with Gasteiger partial charge in [0.2, 0.25) is 0 Å². The molecule has 0 spiro atoms. The monoisotopic (exact) mass is 252 g/mol. The summed E-state index contributed by atoms with van der Waals surface area (Å²) in [5, 5.41) is 3.76. The smallest absolute Gasteiger partial charge is 0.0275 e. The summed E-state index contributed by atoms with van der Waals surface area (Å²) in [5.41, 5.74) is 0. The number of likely N-dealkylation sites (N-methyl/N-ethyl adjacent to an activating group) is 1. The van der Waals surface area contributed by atoms with Gasteiger partial charge in [0.1, 0.15) is 0 Å². The lowest BCUT2D eigenvalue weighted by atomic mass is 9.75. The minimum absolute atomic E-state index is 0.724. The molecule has 1 N–H and O–H groups in total. The lowest BCUT2D eigenvalue weighted by Gasteiger charge is -2.48. The van der Waals surface area contributed by atoms with E-state index in [9.17, 15) is 0 Å². The number of nitrogens with zero attached hydrogens (tertiary/aromatic N) is 1. The fourth-order valence-electron chi connectivity index (χ4n) is 4.25. The van der Waals surface area contributed by atoms with Gasteiger partial charge in [0.05, 0.1) is 0 Å². The molecule has 4 unspecified atom stereocenters. The van der Waals surface area contributed by atoms with Gasteiger partial charge in [-0.1, -0.05) is 27.7 Å². The normalized spacial score (nSPS) is 40.0. The summed E-state index contributed by atoms with van der Waals surface area (Å²) in [6.07, 6.45) is 5.59. The molecule has 2 rings (SSSR count). The average molecular weight is 252 g/mol. The van der Waals surface area contributed by atoms with Crippen LogP contribution < -0.4 is 5.32 Å². The second-order valence-electron chi connectivity index (χ2n) is 6.93. The molecule has 1 aliphatic heterocycles. The van der Waals surface area contributed by atoms with Gasteiger partial charge in [-0.25, -0.2) is 0 Å². The molecule has 0 bridgehead atoms. The Morgan fingerprint density at radius 1 is 1.00 bits per heavy atom. The maximum absolute atomic E-state index is 3.76. The van der Waals surface area contributed by atoms with Gasteiger partial charge in [-0.3, -0.25) is 4.90 Å². The molecule has 0 aromatic carbocycles. The lowest BCUT2D eigenvalue weighted by molar-refractivity contribution is 0.0388. The van der Waals surface area contributed by atoms with Gasteiger partial charge < -0.3 is 5.32 Å². The van der Waals surface area contributed by atoms with Gasteiger partial charge in [-0.2, -0.15) is 0 Å². The number of nitrogens with one attached hydrogen (secondary N) is 1. The van der Waals surface area contributed by atoms with Crippen molar-refractivity contribution in [3.63, 3.8) is 0 Å². The number of hydrogen-bond donors (Lipinski definition) is 1. The van der Waals surface area contributed by atoms with Gasteiger partial charge in [0.15, 0.2) is 0 Å². The summed E-state index contributed by atoms with van der Waals surface area (Å²) in [5.74, 6) is 2.69. The van der Waals surface area contributed by atoms with Crippen molar-refractivity contribution in [3.05, 3.63) is 0 Å². The van der Waals surface area contributed by atoms with Crippen LogP contribution in [0.2, 0.25) is 0 Å². The fraction of sp³-hybridized carbons (Fsp3) is 1.00. The van der Waals surface area contributed by atoms with Crippen LogP contribution in [0.5, 0.6) is 0 Å². The molecule has 1 heterocycles. The van der Waals surface area contributed by atoms with E-state index in [1.54, 1.807) is 0 Å². The molecule has 1 saturated heterocycles. The van der Waals surface area contributed by atoms with Crippen molar-refractivity contribution in [1.29, 1.82) is 0 Å². The molecule has 2 aliphatic rings. The molecule has 1 saturated carbocycles. The predicted molar refractivity (Wildman–Crippen MR) is 78.8 cm³/mol. The van der Waals surface area contributed by atoms with Crippen molar-refractivity contribution >= 4 is 0 Å². The second-order valence-corrected chi connectivity index (χ2v) is 6.93. The first-order valence-electron chi connectivity index (χ1n) is 8.09. The number of likely N-dealkylation sites (tertiary alicyclic amines) is 1. The van der Waals surface area contributed by atoms with Crippen LogP contribution in [0, 0.1) is 17.8 Å². The van der Waals surface area contributed by atoms with E-state index in [4.69, 9.17) is 0 Å². The zero-order valence-corrected chi connectivity index (χ0v) is 12.8. The van der Waals surface area contributed by atoms with Crippen LogP contribution in [0.1, 0.15) is 53.4 Å². The maximum atomic E-state index is 3.76. The summed E-state index contributed by atoms with van der Waals surface area (Å²) in [6.45, 7) is 13.3. The minimum Gasteiger partial charge on any atom is -0.313 e. The summed E-state index contributed by atoms with van der Waals surface area (Å²) in [7, 11) is 0. The summed E-state index contributed by atoms with van der Waals surface area (Å²) in [6, 6.07) is 1.51. The van der Waals surface area contributed by atoms with Crippen molar-refractivity contribution in [2.24, 2.45) is 17.8 Å². The molecular weight excluding hydrogens is 220 g/mol. The first-order chi connectivity index (χ1) is 8.61. The van der Waals surface area contributed by atoms with Gasteiger partial charge in [0.25, 0.3) is 0 Å². The standard InChI is InChI=1S/C16H32N2/c1-5-17-15-11-13(3)10-14(4)16(15)18-8-6-12(2)7-9-18/h12-17H,5-11H2,1-4H3. The van der Waals surface area contributed by atoms with Gasteiger partial charge >= 0.3 is 0 Å². The molecule has 2 nitrogen and oxygen atoms in total. The summed E-state index contributed by atoms with van der Waals surface area (Å²) >= 11 is 0. The molecule has 18 heavy (non-hydrogen) atoms. The predicted octanol–water partition coefficient (Wildman–Crippen LogP) is 3.13. The first-order valence-corrected chi connectivity index (χ1v) is 8.09. The third kappa shape index (κ3) is 3.27. The lowest BCUT2D eigenvalue weighted by Crippen LogP contribution is -2.58. The van der Waals surface area contributed by atoms with E-state index in [0.29, 0.717) is 0 Å². The van der Waals surface area contributed by atoms with Gasteiger partial charge in [0, 0.05) is 12.1 Å². The van der Waals surface area contributed by atoms with E-state index in [2.05, 4.69) is 37.9 Å². The van der Waals surface area contributed by atoms with Crippen molar-refractivity contribution in [2.45, 2.75) is 65.5 Å². The zero-order valence-electron chi connectivity index (χ0n) is 12.8. The van der Waals surface area contributed by atoms with Crippen LogP contribution in [-0.2, 0) is 0 Å². The van der Waals surface area contributed by atoms with E-state index in [-0.39, 0.29) is 0 Å². The van der Waals surface area contributed by atoms with Crippen LogP contribution in [-0.4, -0.2) is 36.6 Å². The Morgan fingerprint density at radius 2 is 1.67 bits per heavy atom. The fourth-order valence-corrected chi connectivity index (χ4v) is 4.25. The first kappa shape index (κ1) is 14.3. The highest BCUT2D eigenvalue weighted by Crippen LogP contribution is 2.34. The molecule has 0 radical (unpaired) electrons. The van der Waals surface area contributed by atoms with Crippen LogP contribution in [0.25, 0.3) is 0 Å². The second kappa shape index (κ2) is 6.38. The highest BCUT2D eigenvalue weighted by atomic mass is 15.2. The molecule has 0 aromatic heterocycles. The summed E-state index contributed by atoms with van der Waals surface area (Å²) < 4.78 is 0. The third-order valence-electron chi connectivity index (χ3n) is 5.13. The Balaban J connectivity index is 2.01.